The fraction of sp³-hybridized carbons (Fsp3) is 0.387. The molecular weight excluding hydrogens is 536 g/mol. The van der Waals surface area contributed by atoms with Crippen LogP contribution in [0.1, 0.15) is 41.1 Å². The maximum Gasteiger partial charge on any atom is 0.263 e. The molecule has 0 spiro atoms. The Bertz CT molecular complexity index is 1590. The monoisotopic (exact) mass is 572 g/mol. The van der Waals surface area contributed by atoms with Crippen LogP contribution in [-0.4, -0.2) is 58.9 Å². The number of rotatable bonds is 9. The van der Waals surface area contributed by atoms with Crippen molar-refractivity contribution in [2.45, 2.75) is 57.2 Å². The van der Waals surface area contributed by atoms with Gasteiger partial charge in [-0.3, -0.25) is 14.4 Å². The average molecular weight is 573 g/mol. The molecule has 0 fully saturated rings. The molecule has 10 heteroatoms. The van der Waals surface area contributed by atoms with Gasteiger partial charge in [0.05, 0.1) is 23.0 Å². The number of nitrogens with zero attached hydrogens (tertiary/aromatic N) is 4. The molecule has 0 saturated heterocycles. The van der Waals surface area contributed by atoms with Gasteiger partial charge < -0.3 is 19.4 Å². The second-order valence-electron chi connectivity index (χ2n) is 11.6. The van der Waals surface area contributed by atoms with Gasteiger partial charge >= 0.3 is 0 Å². The number of anilines is 2. The Morgan fingerprint density at radius 1 is 1.15 bits per heavy atom. The number of hydrogen-bond donors (Lipinski definition) is 2. The average Bonchev–Trinajstić information content (AvgIpc) is 3.51. The third kappa shape index (κ3) is 4.84. The number of methoxy groups -OCH3 is 1. The van der Waals surface area contributed by atoms with Gasteiger partial charge in [-0.15, -0.1) is 5.10 Å². The number of hydrogen-bond acceptors (Lipinski definition) is 7. The van der Waals surface area contributed by atoms with Crippen molar-refractivity contribution in [2.24, 2.45) is 5.92 Å². The number of ether oxygens (including phenoxy) is 2. The number of amides is 1. The first-order chi connectivity index (χ1) is 19.7. The zero-order chi connectivity index (χ0) is 28.9. The minimum Gasteiger partial charge on any atom is -0.490 e. The first-order valence-electron chi connectivity index (χ1n) is 14.1. The number of fused-ring (bicyclic) bond motifs is 1. The minimum atomic E-state index is -2.68. The van der Waals surface area contributed by atoms with E-state index in [4.69, 9.17) is 9.47 Å². The molecule has 41 heavy (non-hydrogen) atoms. The zero-order valence-corrected chi connectivity index (χ0v) is 24.8. The van der Waals surface area contributed by atoms with Crippen molar-refractivity contribution in [1.29, 1.82) is 0 Å². The minimum absolute atomic E-state index is 0.0272. The van der Waals surface area contributed by atoms with E-state index in [2.05, 4.69) is 17.2 Å². The number of aliphatic hydroxyl groups excluding tert-OH is 1. The number of aliphatic hydroxyl groups is 1. The van der Waals surface area contributed by atoms with Gasteiger partial charge in [-0.1, -0.05) is 36.4 Å². The molecule has 2 aliphatic heterocycles. The number of aryl methyl sites for hydroxylation is 1. The Labute approximate surface area is 240 Å². The highest BCUT2D eigenvalue weighted by Gasteiger charge is 2.46. The third-order valence-corrected chi connectivity index (χ3v) is 11.0. The van der Waals surface area contributed by atoms with Crippen molar-refractivity contribution in [2.75, 3.05) is 18.6 Å². The summed E-state index contributed by atoms with van der Waals surface area (Å²) in [5, 5.41) is 19.5. The lowest BCUT2D eigenvalue weighted by Crippen LogP contribution is -2.48. The molecule has 3 aromatic carbocycles. The van der Waals surface area contributed by atoms with Gasteiger partial charge in [0.2, 0.25) is 0 Å². The Hall–Kier alpha value is -3.57. The lowest BCUT2D eigenvalue weighted by atomic mass is 9.86. The van der Waals surface area contributed by atoms with Crippen molar-refractivity contribution in [3.8, 4) is 5.75 Å². The number of carbonyl (C=O) groups is 1. The van der Waals surface area contributed by atoms with Crippen molar-refractivity contribution in [3.05, 3.63) is 77.6 Å². The van der Waals surface area contributed by atoms with Crippen molar-refractivity contribution < 1.29 is 24.2 Å². The summed E-state index contributed by atoms with van der Waals surface area (Å²) >= 11 is 0. The molecule has 214 valence electrons. The second kappa shape index (κ2) is 10.7. The van der Waals surface area contributed by atoms with Crippen LogP contribution in [0.15, 0.2) is 60.8 Å². The van der Waals surface area contributed by atoms with E-state index >= 15 is 0 Å². The second-order valence-corrected chi connectivity index (χ2v) is 15.7. The molecule has 1 aromatic heterocycles. The lowest BCUT2D eigenvalue weighted by Gasteiger charge is -2.44. The predicted octanol–water partition coefficient (Wildman–Crippen LogP) is 5.00. The van der Waals surface area contributed by atoms with Crippen LogP contribution in [0.2, 0.25) is 18.6 Å². The SMILES string of the molecule is CO[C@@H]1c2cc(N3C(=O)c4cccc5cccc3c45)ccc2O[C@H](C(CCn2cc(CCO)nn2)[Si](C)(C)O)[C@H]1C. The van der Waals surface area contributed by atoms with Crippen LogP contribution >= 0.6 is 0 Å². The third-order valence-electron chi connectivity index (χ3n) is 8.56. The Morgan fingerprint density at radius 2 is 1.93 bits per heavy atom. The molecule has 3 heterocycles. The summed E-state index contributed by atoms with van der Waals surface area (Å²) in [6, 6.07) is 17.7. The van der Waals surface area contributed by atoms with Crippen LogP contribution < -0.4 is 9.64 Å². The van der Waals surface area contributed by atoms with Gasteiger partial charge in [-0.05, 0) is 55.2 Å². The molecule has 4 atom stereocenters. The molecular formula is C31H36N4O5Si. The van der Waals surface area contributed by atoms with Crippen LogP contribution in [0.5, 0.6) is 5.75 Å². The van der Waals surface area contributed by atoms with Gasteiger partial charge in [-0.2, -0.15) is 0 Å². The molecule has 6 rings (SSSR count). The summed E-state index contributed by atoms with van der Waals surface area (Å²) < 4.78 is 14.5. The van der Waals surface area contributed by atoms with E-state index in [0.29, 0.717) is 30.7 Å². The molecule has 0 aliphatic carbocycles. The molecule has 2 N–H and O–H groups in total. The normalized spacial score (nSPS) is 20.8. The van der Waals surface area contributed by atoms with Crippen LogP contribution in [0.4, 0.5) is 11.4 Å². The topological polar surface area (TPSA) is 110 Å². The highest BCUT2D eigenvalue weighted by atomic mass is 28.4. The van der Waals surface area contributed by atoms with Crippen LogP contribution in [-0.2, 0) is 17.7 Å². The van der Waals surface area contributed by atoms with Crippen LogP contribution in [0.3, 0.4) is 0 Å². The van der Waals surface area contributed by atoms with E-state index in [1.165, 1.54) is 0 Å². The van der Waals surface area contributed by atoms with Crippen LogP contribution in [0.25, 0.3) is 10.8 Å². The smallest absolute Gasteiger partial charge is 0.263 e. The predicted molar refractivity (Wildman–Crippen MR) is 159 cm³/mol. The summed E-state index contributed by atoms with van der Waals surface area (Å²) in [6.45, 7) is 6.61. The largest absolute Gasteiger partial charge is 0.490 e. The molecule has 0 bridgehead atoms. The molecule has 9 nitrogen and oxygen atoms in total. The van der Waals surface area contributed by atoms with Gasteiger partial charge in [0, 0.05) is 61.0 Å². The van der Waals surface area contributed by atoms with E-state index in [1.807, 2.05) is 73.9 Å². The Morgan fingerprint density at radius 3 is 2.66 bits per heavy atom. The number of benzene rings is 3. The standard InChI is InChI=1S/C31H36N4O5Si/c1-19-29(39-2)24-17-22(35-25-10-6-8-20-7-5-9-23(28(20)25)31(35)37)11-12-26(24)40-30(19)27(41(3,4)38)13-15-34-18-21(14-16-36)32-33-34/h5-12,17-19,27,29-30,36,38H,13-16H2,1-4H3/t19-,27?,29-,30-/m0/s1. The van der Waals surface area contributed by atoms with Gasteiger partial charge in [0.1, 0.15) is 11.9 Å². The molecule has 1 unspecified atom stereocenters. The summed E-state index contributed by atoms with van der Waals surface area (Å²) in [5.41, 5.74) is 3.89. The molecule has 0 radical (unpaired) electrons. The van der Waals surface area contributed by atoms with Crippen molar-refractivity contribution in [1.82, 2.24) is 15.0 Å². The van der Waals surface area contributed by atoms with Crippen molar-refractivity contribution >= 4 is 36.4 Å². The summed E-state index contributed by atoms with van der Waals surface area (Å²) in [6.07, 6.45) is 2.43. The molecule has 1 amide bonds. The fourth-order valence-corrected chi connectivity index (χ4v) is 8.56. The summed E-state index contributed by atoms with van der Waals surface area (Å²) in [4.78, 5) is 26.7. The first kappa shape index (κ1) is 27.6. The molecule has 4 aromatic rings. The van der Waals surface area contributed by atoms with E-state index in [1.54, 1.807) is 16.7 Å². The fourth-order valence-electron chi connectivity index (χ4n) is 6.54. The molecule has 2 aliphatic rings. The Kier molecular flexibility index (Phi) is 7.19. The van der Waals surface area contributed by atoms with E-state index in [0.717, 1.165) is 33.4 Å². The van der Waals surface area contributed by atoms with E-state index in [-0.39, 0.29) is 36.2 Å². The van der Waals surface area contributed by atoms with Gasteiger partial charge in [0.15, 0.2) is 8.32 Å². The van der Waals surface area contributed by atoms with E-state index < -0.39 is 8.32 Å². The summed E-state index contributed by atoms with van der Waals surface area (Å²) in [5.74, 6) is 0.610. The highest BCUT2D eigenvalue weighted by Crippen LogP contribution is 2.49. The number of carbonyl (C=O) groups excluding carboxylic acids is 1. The molecule has 0 saturated carbocycles. The maximum absolute atomic E-state index is 13.6. The summed E-state index contributed by atoms with van der Waals surface area (Å²) in [7, 11) is -0.981. The van der Waals surface area contributed by atoms with Gasteiger partial charge in [-0.25, -0.2) is 0 Å². The quantitative estimate of drug-likeness (QED) is 0.272. The highest BCUT2D eigenvalue weighted by molar-refractivity contribution is 6.71. The Balaban J connectivity index is 1.30. The van der Waals surface area contributed by atoms with Crippen molar-refractivity contribution in [3.63, 3.8) is 0 Å². The van der Waals surface area contributed by atoms with Crippen LogP contribution in [0, 0.1) is 5.92 Å². The maximum atomic E-state index is 13.6. The first-order valence-corrected chi connectivity index (χ1v) is 17.2. The lowest BCUT2D eigenvalue weighted by molar-refractivity contribution is -0.0247. The van der Waals surface area contributed by atoms with E-state index in [9.17, 15) is 14.7 Å². The van der Waals surface area contributed by atoms with Gasteiger partial charge in [0.25, 0.3) is 5.91 Å². The zero-order valence-electron chi connectivity index (χ0n) is 23.8. The number of aromatic nitrogens is 3.